The van der Waals surface area contributed by atoms with Crippen molar-refractivity contribution in [1.29, 1.82) is 0 Å². The first-order chi connectivity index (χ1) is 14.5. The second-order valence-corrected chi connectivity index (χ2v) is 7.46. The lowest BCUT2D eigenvalue weighted by molar-refractivity contribution is -0.141. The highest BCUT2D eigenvalue weighted by molar-refractivity contribution is 5.80. The van der Waals surface area contributed by atoms with E-state index in [0.717, 1.165) is 50.7 Å². The third kappa shape index (κ3) is 3.53. The van der Waals surface area contributed by atoms with Gasteiger partial charge in [0.15, 0.2) is 17.2 Å². The van der Waals surface area contributed by atoms with E-state index in [-0.39, 0.29) is 0 Å². The zero-order valence-corrected chi connectivity index (χ0v) is 15.9. The molecule has 0 saturated carbocycles. The topological polar surface area (TPSA) is 71.6 Å². The Hall–Kier alpha value is -3.30. The fraction of sp³-hybridized carbons (Fsp3) is 0.350. The number of fused-ring (bicyclic) bond motifs is 1. The van der Waals surface area contributed by atoms with Crippen LogP contribution < -0.4 is 4.90 Å². The smallest absolute Gasteiger partial charge is 0.356 e. The SMILES string of the molecule is FC(F)(F)c1cn2c(-c3nccc(N4CCC(CC5=CCN=C5)C4)n3)cnc2cn1. The molecule has 30 heavy (non-hydrogen) atoms. The van der Waals surface area contributed by atoms with E-state index in [4.69, 9.17) is 0 Å². The third-order valence-corrected chi connectivity index (χ3v) is 5.41. The molecule has 0 aliphatic carbocycles. The number of anilines is 1. The van der Waals surface area contributed by atoms with Crippen LogP contribution >= 0.6 is 0 Å². The zero-order chi connectivity index (χ0) is 20.7. The van der Waals surface area contributed by atoms with Crippen LogP contribution in [0, 0.1) is 5.92 Å². The highest BCUT2D eigenvalue weighted by atomic mass is 19.4. The molecule has 7 nitrogen and oxygen atoms in total. The molecule has 0 N–H and O–H groups in total. The Balaban J connectivity index is 1.41. The van der Waals surface area contributed by atoms with Gasteiger partial charge in [0, 0.05) is 31.7 Å². The molecule has 1 atom stereocenters. The number of allylic oxidation sites excluding steroid dienone is 1. The summed E-state index contributed by atoms with van der Waals surface area (Å²) in [4.78, 5) is 22.9. The number of alkyl halides is 3. The van der Waals surface area contributed by atoms with E-state index in [0.29, 0.717) is 23.1 Å². The average molecular weight is 413 g/mol. The van der Waals surface area contributed by atoms with E-state index in [2.05, 4.69) is 35.9 Å². The van der Waals surface area contributed by atoms with Gasteiger partial charge in [0.05, 0.1) is 18.9 Å². The molecule has 0 radical (unpaired) electrons. The predicted molar refractivity (Wildman–Crippen MR) is 105 cm³/mol. The summed E-state index contributed by atoms with van der Waals surface area (Å²) < 4.78 is 40.5. The zero-order valence-electron chi connectivity index (χ0n) is 15.9. The molecule has 2 aliphatic heterocycles. The van der Waals surface area contributed by atoms with Gasteiger partial charge in [-0.15, -0.1) is 0 Å². The van der Waals surface area contributed by atoms with E-state index in [1.807, 2.05) is 12.3 Å². The van der Waals surface area contributed by atoms with Gasteiger partial charge in [0.25, 0.3) is 0 Å². The van der Waals surface area contributed by atoms with Gasteiger partial charge < -0.3 is 4.90 Å². The summed E-state index contributed by atoms with van der Waals surface area (Å²) >= 11 is 0. The van der Waals surface area contributed by atoms with Crippen molar-refractivity contribution in [2.75, 3.05) is 24.5 Å². The number of imidazole rings is 1. The van der Waals surface area contributed by atoms with Gasteiger partial charge in [-0.25, -0.2) is 19.9 Å². The molecule has 0 spiro atoms. The van der Waals surface area contributed by atoms with Crippen LogP contribution in [0.3, 0.4) is 0 Å². The number of halogens is 3. The Morgan fingerprint density at radius 3 is 2.83 bits per heavy atom. The molecule has 10 heteroatoms. The lowest BCUT2D eigenvalue weighted by Gasteiger charge is -2.18. The van der Waals surface area contributed by atoms with E-state index in [9.17, 15) is 13.2 Å². The van der Waals surface area contributed by atoms with Crippen LogP contribution in [-0.2, 0) is 6.18 Å². The maximum Gasteiger partial charge on any atom is 0.434 e. The Kier molecular flexibility index (Phi) is 4.48. The highest BCUT2D eigenvalue weighted by Crippen LogP contribution is 2.30. The quantitative estimate of drug-likeness (QED) is 0.655. The fourth-order valence-electron chi connectivity index (χ4n) is 3.92. The Bertz CT molecular complexity index is 1150. The van der Waals surface area contributed by atoms with E-state index < -0.39 is 11.9 Å². The summed E-state index contributed by atoms with van der Waals surface area (Å²) in [5.74, 6) is 1.61. The molecular formula is C20H18F3N7. The Morgan fingerprint density at radius 1 is 1.13 bits per heavy atom. The molecule has 154 valence electrons. The first-order valence-corrected chi connectivity index (χ1v) is 9.65. The Morgan fingerprint density at radius 2 is 2.03 bits per heavy atom. The first-order valence-electron chi connectivity index (χ1n) is 9.65. The minimum atomic E-state index is -4.54. The largest absolute Gasteiger partial charge is 0.434 e. The minimum absolute atomic E-state index is 0.305. The van der Waals surface area contributed by atoms with Crippen molar-refractivity contribution < 1.29 is 13.2 Å². The molecule has 1 fully saturated rings. The van der Waals surface area contributed by atoms with Crippen molar-refractivity contribution >= 4 is 17.7 Å². The normalized spacial score (nSPS) is 19.1. The molecule has 0 bridgehead atoms. The van der Waals surface area contributed by atoms with Gasteiger partial charge in [-0.05, 0) is 30.4 Å². The number of hydrogen-bond acceptors (Lipinski definition) is 6. The molecule has 3 aromatic rings. The molecule has 0 aromatic carbocycles. The maximum absolute atomic E-state index is 13.1. The Labute approximate surface area is 170 Å². The van der Waals surface area contributed by atoms with Gasteiger partial charge in [0.1, 0.15) is 11.5 Å². The van der Waals surface area contributed by atoms with Gasteiger partial charge in [-0.2, -0.15) is 13.2 Å². The van der Waals surface area contributed by atoms with Crippen molar-refractivity contribution in [3.8, 4) is 11.5 Å². The summed E-state index contributed by atoms with van der Waals surface area (Å²) in [6.45, 7) is 2.52. The van der Waals surface area contributed by atoms with Crippen molar-refractivity contribution in [3.05, 3.63) is 48.2 Å². The van der Waals surface area contributed by atoms with Crippen molar-refractivity contribution in [2.45, 2.75) is 19.0 Å². The van der Waals surface area contributed by atoms with Crippen LogP contribution in [0.1, 0.15) is 18.5 Å². The molecule has 0 amide bonds. The van der Waals surface area contributed by atoms with Crippen molar-refractivity contribution in [3.63, 3.8) is 0 Å². The number of rotatable bonds is 4. The van der Waals surface area contributed by atoms with Crippen LogP contribution in [-0.4, -0.2) is 50.2 Å². The van der Waals surface area contributed by atoms with Crippen LogP contribution in [0.5, 0.6) is 0 Å². The van der Waals surface area contributed by atoms with Gasteiger partial charge in [-0.1, -0.05) is 6.08 Å². The molecule has 5 rings (SSSR count). The molecular weight excluding hydrogens is 395 g/mol. The maximum atomic E-state index is 13.1. The van der Waals surface area contributed by atoms with E-state index >= 15 is 0 Å². The van der Waals surface area contributed by atoms with Gasteiger partial charge in [-0.3, -0.25) is 9.39 Å². The lowest BCUT2D eigenvalue weighted by atomic mass is 9.99. The van der Waals surface area contributed by atoms with Gasteiger partial charge in [0.2, 0.25) is 0 Å². The minimum Gasteiger partial charge on any atom is -0.356 e. The van der Waals surface area contributed by atoms with Gasteiger partial charge >= 0.3 is 6.18 Å². The first kappa shape index (κ1) is 18.7. The van der Waals surface area contributed by atoms with Crippen LogP contribution in [0.25, 0.3) is 17.2 Å². The molecule has 5 heterocycles. The van der Waals surface area contributed by atoms with Crippen LogP contribution in [0.4, 0.5) is 19.0 Å². The van der Waals surface area contributed by atoms with Crippen LogP contribution in [0.2, 0.25) is 0 Å². The second kappa shape index (κ2) is 7.19. The predicted octanol–water partition coefficient (Wildman–Crippen LogP) is 3.43. The number of hydrogen-bond donors (Lipinski definition) is 0. The molecule has 3 aromatic heterocycles. The van der Waals surface area contributed by atoms with Crippen LogP contribution in [0.15, 0.2) is 47.5 Å². The third-order valence-electron chi connectivity index (χ3n) is 5.41. The van der Waals surface area contributed by atoms with Crippen molar-refractivity contribution in [1.82, 2.24) is 24.3 Å². The van der Waals surface area contributed by atoms with E-state index in [1.165, 1.54) is 16.2 Å². The summed E-state index contributed by atoms with van der Waals surface area (Å²) in [6.07, 6.45) is 6.73. The average Bonchev–Trinajstić information content (AvgIpc) is 3.48. The monoisotopic (exact) mass is 413 g/mol. The molecule has 1 saturated heterocycles. The number of nitrogens with zero attached hydrogens (tertiary/aromatic N) is 7. The second-order valence-electron chi connectivity index (χ2n) is 7.46. The fourth-order valence-corrected chi connectivity index (χ4v) is 3.92. The summed E-state index contributed by atoms with van der Waals surface area (Å²) in [6, 6.07) is 1.83. The van der Waals surface area contributed by atoms with E-state index in [1.54, 1.807) is 6.20 Å². The molecule has 2 aliphatic rings. The number of aromatic nitrogens is 5. The standard InChI is InChI=1S/C20H18F3N7/c21-20(22,23)16-12-30-15(9-27-18(30)10-26-16)19-25-5-2-17(28-19)29-6-3-14(11-29)7-13-1-4-24-8-13/h1-2,5,8-10,12,14H,3-4,6-7,11H2. The summed E-state index contributed by atoms with van der Waals surface area (Å²) in [5, 5.41) is 0. The highest BCUT2D eigenvalue weighted by Gasteiger charge is 2.33. The summed E-state index contributed by atoms with van der Waals surface area (Å²) in [7, 11) is 0. The molecule has 1 unspecified atom stereocenters. The number of aliphatic imine (C=N–C) groups is 1. The van der Waals surface area contributed by atoms with Crippen molar-refractivity contribution in [2.24, 2.45) is 10.9 Å². The summed E-state index contributed by atoms with van der Waals surface area (Å²) in [5.41, 5.74) is 0.991. The lowest BCUT2D eigenvalue weighted by Crippen LogP contribution is -2.21.